The van der Waals surface area contributed by atoms with Gasteiger partial charge in [0.2, 0.25) is 5.91 Å². The van der Waals surface area contributed by atoms with Crippen LogP contribution in [0.5, 0.6) is 0 Å². The van der Waals surface area contributed by atoms with Crippen molar-refractivity contribution in [3.05, 3.63) is 93.1 Å². The average Bonchev–Trinajstić information content (AvgIpc) is 2.84. The Bertz CT molecular complexity index is 1290. The third-order valence-electron chi connectivity index (χ3n) is 6.82. The summed E-state index contributed by atoms with van der Waals surface area (Å²) in [5.74, 6) is -1.41. The maximum atomic E-state index is 14.0. The topological polar surface area (TPSA) is 75.2 Å². The molecule has 0 aliphatic carbocycles. The highest BCUT2D eigenvalue weighted by atomic mass is 19.1. The Morgan fingerprint density at radius 3 is 2.22 bits per heavy atom. The van der Waals surface area contributed by atoms with Crippen molar-refractivity contribution in [2.45, 2.75) is 59.4 Å². The molecule has 0 spiro atoms. The van der Waals surface area contributed by atoms with Gasteiger partial charge in [-0.2, -0.15) is 0 Å². The number of nitrogens with zero attached hydrogens (tertiary/aromatic N) is 3. The molecule has 8 heteroatoms. The zero-order valence-corrected chi connectivity index (χ0v) is 21.7. The number of piperidine rings is 1. The molecule has 2 heterocycles. The average molecular weight is 507 g/mol. The van der Waals surface area contributed by atoms with Gasteiger partial charge >= 0.3 is 0 Å². The molecule has 1 aliphatic rings. The molecule has 0 bridgehead atoms. The normalized spacial score (nSPS) is 14.1. The van der Waals surface area contributed by atoms with Crippen LogP contribution in [0.15, 0.2) is 36.4 Å². The zero-order chi connectivity index (χ0) is 26.7. The van der Waals surface area contributed by atoms with Crippen molar-refractivity contribution in [2.75, 3.05) is 13.1 Å². The van der Waals surface area contributed by atoms with Gasteiger partial charge in [0.1, 0.15) is 17.5 Å². The van der Waals surface area contributed by atoms with Crippen molar-refractivity contribution in [2.24, 2.45) is 0 Å². The zero-order valence-electron chi connectivity index (χ0n) is 21.7. The number of hydrogen-bond donors (Lipinski definition) is 1. The third-order valence-corrected chi connectivity index (χ3v) is 6.82. The van der Waals surface area contributed by atoms with Crippen molar-refractivity contribution in [1.82, 2.24) is 20.2 Å². The molecule has 4 rings (SSSR count). The Balaban J connectivity index is 1.46. The van der Waals surface area contributed by atoms with E-state index in [-0.39, 0.29) is 29.7 Å². The fourth-order valence-corrected chi connectivity index (χ4v) is 5.12. The second-order valence-electron chi connectivity index (χ2n) is 9.83. The fraction of sp³-hybridized carbons (Fsp3) is 0.379. The van der Waals surface area contributed by atoms with Gasteiger partial charge in [-0.25, -0.2) is 18.7 Å². The summed E-state index contributed by atoms with van der Waals surface area (Å²) in [5.41, 5.74) is 4.88. The summed E-state index contributed by atoms with van der Waals surface area (Å²) in [6, 6.07) is 9.78. The van der Waals surface area contributed by atoms with E-state index in [4.69, 9.17) is 0 Å². The van der Waals surface area contributed by atoms with Crippen LogP contribution >= 0.6 is 0 Å². The molecule has 3 aromatic rings. The summed E-state index contributed by atoms with van der Waals surface area (Å²) in [4.78, 5) is 36.8. The molecule has 6 nitrogen and oxygen atoms in total. The Hall–Kier alpha value is -3.68. The van der Waals surface area contributed by atoms with Gasteiger partial charge < -0.3 is 10.2 Å². The van der Waals surface area contributed by atoms with Crippen LogP contribution in [-0.2, 0) is 17.8 Å². The van der Waals surface area contributed by atoms with E-state index in [0.717, 1.165) is 28.8 Å². The summed E-state index contributed by atoms with van der Waals surface area (Å²) < 4.78 is 28.0. The molecule has 1 saturated heterocycles. The van der Waals surface area contributed by atoms with E-state index < -0.39 is 11.6 Å². The standard InChI is InChI=1S/C29H32F2N4O2/c1-17-12-18(2)14-21(13-17)16-32-29(37)27-19(3)33-20(4)34-28(27)22-8-10-35(11-9-22)26(36)15-23-24(30)6-5-7-25(23)31/h5-7,12-14,22H,8-11,15-16H2,1-4H3,(H,32,37). The van der Waals surface area contributed by atoms with Gasteiger partial charge in [-0.3, -0.25) is 9.59 Å². The lowest BCUT2D eigenvalue weighted by Crippen LogP contribution is -2.39. The van der Waals surface area contributed by atoms with E-state index >= 15 is 0 Å². The monoisotopic (exact) mass is 506 g/mol. The van der Waals surface area contributed by atoms with E-state index in [2.05, 4.69) is 21.4 Å². The summed E-state index contributed by atoms with van der Waals surface area (Å²) in [6.07, 6.45) is 0.873. The number of carbonyl (C=O) groups excluding carboxylic acids is 2. The molecule has 1 N–H and O–H groups in total. The number of rotatable bonds is 6. The molecule has 1 aliphatic heterocycles. The number of benzene rings is 2. The Morgan fingerprint density at radius 2 is 1.59 bits per heavy atom. The first-order valence-electron chi connectivity index (χ1n) is 12.5. The predicted octanol–water partition coefficient (Wildman–Crippen LogP) is 4.87. The van der Waals surface area contributed by atoms with Crippen LogP contribution in [0.3, 0.4) is 0 Å². The number of carbonyl (C=O) groups is 2. The lowest BCUT2D eigenvalue weighted by atomic mass is 9.89. The minimum Gasteiger partial charge on any atom is -0.348 e. The Labute approximate surface area is 216 Å². The van der Waals surface area contributed by atoms with Gasteiger partial charge in [0.15, 0.2) is 0 Å². The van der Waals surface area contributed by atoms with Gasteiger partial charge in [0.05, 0.1) is 23.4 Å². The van der Waals surface area contributed by atoms with E-state index in [1.165, 1.54) is 6.07 Å². The number of aromatic nitrogens is 2. The third kappa shape index (κ3) is 6.18. The van der Waals surface area contributed by atoms with E-state index in [1.54, 1.807) is 11.8 Å². The fourth-order valence-electron chi connectivity index (χ4n) is 5.12. The highest BCUT2D eigenvalue weighted by Crippen LogP contribution is 2.31. The molecule has 0 atom stereocenters. The van der Waals surface area contributed by atoms with Crippen molar-refractivity contribution >= 4 is 11.8 Å². The maximum Gasteiger partial charge on any atom is 0.255 e. The lowest BCUT2D eigenvalue weighted by molar-refractivity contribution is -0.131. The molecule has 0 radical (unpaired) electrons. The number of nitrogens with one attached hydrogen (secondary N) is 1. The maximum absolute atomic E-state index is 14.0. The van der Waals surface area contributed by atoms with Gasteiger partial charge in [-0.15, -0.1) is 0 Å². The van der Waals surface area contributed by atoms with Gasteiger partial charge in [0.25, 0.3) is 5.91 Å². The Morgan fingerprint density at radius 1 is 0.973 bits per heavy atom. The van der Waals surface area contributed by atoms with Crippen LogP contribution in [0.4, 0.5) is 8.78 Å². The van der Waals surface area contributed by atoms with E-state index in [1.807, 2.05) is 32.9 Å². The quantitative estimate of drug-likeness (QED) is 0.518. The molecular formula is C29H32F2N4O2. The first kappa shape index (κ1) is 26.4. The van der Waals surface area contributed by atoms with Crippen LogP contribution in [0.25, 0.3) is 0 Å². The summed E-state index contributed by atoms with van der Waals surface area (Å²) in [5, 5.41) is 3.02. The SMILES string of the molecule is Cc1cc(C)cc(CNC(=O)c2c(C)nc(C)nc2C2CCN(C(=O)Cc3c(F)cccc3F)CC2)c1. The molecular weight excluding hydrogens is 474 g/mol. The molecule has 2 amide bonds. The van der Waals surface area contributed by atoms with Crippen molar-refractivity contribution in [3.63, 3.8) is 0 Å². The second-order valence-corrected chi connectivity index (χ2v) is 9.83. The van der Waals surface area contributed by atoms with Crippen LogP contribution < -0.4 is 5.32 Å². The van der Waals surface area contributed by atoms with Crippen molar-refractivity contribution < 1.29 is 18.4 Å². The van der Waals surface area contributed by atoms with Crippen molar-refractivity contribution in [3.8, 4) is 0 Å². The van der Waals surface area contributed by atoms with Gasteiger partial charge in [-0.1, -0.05) is 35.4 Å². The smallest absolute Gasteiger partial charge is 0.255 e. The molecule has 2 aromatic carbocycles. The van der Waals surface area contributed by atoms with Crippen LogP contribution in [0.1, 0.15) is 68.6 Å². The molecule has 194 valence electrons. The minimum atomic E-state index is -0.716. The lowest BCUT2D eigenvalue weighted by Gasteiger charge is -2.32. The molecule has 1 fully saturated rings. The first-order chi connectivity index (χ1) is 17.6. The molecule has 1 aromatic heterocycles. The van der Waals surface area contributed by atoms with Gasteiger partial charge in [-0.05, 0) is 58.2 Å². The predicted molar refractivity (Wildman–Crippen MR) is 137 cm³/mol. The molecule has 0 saturated carbocycles. The van der Waals surface area contributed by atoms with Crippen LogP contribution in [0.2, 0.25) is 0 Å². The highest BCUT2D eigenvalue weighted by Gasteiger charge is 2.30. The number of aryl methyl sites for hydroxylation is 4. The second kappa shape index (κ2) is 11.2. The number of likely N-dealkylation sites (tertiary alicyclic amines) is 1. The van der Waals surface area contributed by atoms with Crippen molar-refractivity contribution in [1.29, 1.82) is 0 Å². The van der Waals surface area contributed by atoms with E-state index in [9.17, 15) is 18.4 Å². The summed E-state index contributed by atoms with van der Waals surface area (Å²) in [7, 11) is 0. The largest absolute Gasteiger partial charge is 0.348 e. The number of hydrogen-bond acceptors (Lipinski definition) is 4. The first-order valence-corrected chi connectivity index (χ1v) is 12.5. The highest BCUT2D eigenvalue weighted by molar-refractivity contribution is 5.96. The minimum absolute atomic E-state index is 0.0309. The number of halogens is 2. The molecule has 37 heavy (non-hydrogen) atoms. The van der Waals surface area contributed by atoms with E-state index in [0.29, 0.717) is 55.3 Å². The van der Waals surface area contributed by atoms with Crippen LogP contribution in [0, 0.1) is 39.3 Å². The Kier molecular flexibility index (Phi) is 7.95. The van der Waals surface area contributed by atoms with Gasteiger partial charge in [0, 0.05) is 31.1 Å². The summed E-state index contributed by atoms with van der Waals surface area (Å²) >= 11 is 0. The number of amides is 2. The molecule has 0 unspecified atom stereocenters. The summed E-state index contributed by atoms with van der Waals surface area (Å²) in [6.45, 7) is 8.90. The van der Waals surface area contributed by atoms with Crippen LogP contribution in [-0.4, -0.2) is 39.8 Å².